The standard InChI is InChI=1S/C17H14Cl2N2O4/c18-13-2-1-3-14(19)12(13)8-16(23)25-9-15(22)21-11-6-4-10(5-7-11)17(20)24/h1-7H,8-9H2,(H2,20,24)(H,21,22). The molecule has 0 spiro atoms. The summed E-state index contributed by atoms with van der Waals surface area (Å²) < 4.78 is 4.91. The Morgan fingerprint density at radius 2 is 1.60 bits per heavy atom. The summed E-state index contributed by atoms with van der Waals surface area (Å²) in [5.74, 6) is -1.72. The number of halogens is 2. The first-order valence-corrected chi connectivity index (χ1v) is 7.90. The molecule has 2 amide bonds. The van der Waals surface area contributed by atoms with Gasteiger partial charge in [0.25, 0.3) is 5.91 Å². The van der Waals surface area contributed by atoms with E-state index in [0.717, 1.165) is 0 Å². The summed E-state index contributed by atoms with van der Waals surface area (Å²) in [6.07, 6.45) is -0.140. The van der Waals surface area contributed by atoms with Crippen molar-refractivity contribution in [1.29, 1.82) is 0 Å². The van der Waals surface area contributed by atoms with Gasteiger partial charge in [-0.05, 0) is 36.4 Å². The lowest BCUT2D eigenvalue weighted by atomic mass is 10.1. The van der Waals surface area contributed by atoms with Gasteiger partial charge in [0.15, 0.2) is 6.61 Å². The fraction of sp³-hybridized carbons (Fsp3) is 0.118. The Morgan fingerprint density at radius 3 is 2.16 bits per heavy atom. The minimum absolute atomic E-state index is 0.140. The molecule has 0 unspecified atom stereocenters. The number of benzene rings is 2. The van der Waals surface area contributed by atoms with Gasteiger partial charge < -0.3 is 15.8 Å². The first-order chi connectivity index (χ1) is 11.9. The van der Waals surface area contributed by atoms with Crippen molar-refractivity contribution in [2.75, 3.05) is 11.9 Å². The van der Waals surface area contributed by atoms with Gasteiger partial charge in [0.2, 0.25) is 5.91 Å². The van der Waals surface area contributed by atoms with Crippen molar-refractivity contribution in [3.05, 3.63) is 63.6 Å². The molecule has 2 aromatic rings. The monoisotopic (exact) mass is 380 g/mol. The number of carbonyl (C=O) groups excluding carboxylic acids is 3. The van der Waals surface area contributed by atoms with Crippen LogP contribution in [0, 0.1) is 0 Å². The second-order valence-corrected chi connectivity index (χ2v) is 5.84. The average Bonchev–Trinajstić information content (AvgIpc) is 2.57. The Hall–Kier alpha value is -2.57. The number of carbonyl (C=O) groups is 3. The molecule has 0 aliphatic rings. The number of ether oxygens (including phenoxy) is 1. The third kappa shape index (κ3) is 5.48. The SMILES string of the molecule is NC(=O)c1ccc(NC(=O)COC(=O)Cc2c(Cl)cccc2Cl)cc1. The zero-order valence-electron chi connectivity index (χ0n) is 12.9. The molecule has 0 aromatic heterocycles. The Morgan fingerprint density at radius 1 is 1.00 bits per heavy atom. The van der Waals surface area contributed by atoms with Crippen LogP contribution < -0.4 is 11.1 Å². The number of hydrogen-bond acceptors (Lipinski definition) is 4. The Kier molecular flexibility index (Phi) is 6.38. The molecule has 0 bridgehead atoms. The van der Waals surface area contributed by atoms with Crippen molar-refractivity contribution in [1.82, 2.24) is 0 Å². The van der Waals surface area contributed by atoms with Crippen LogP contribution in [-0.4, -0.2) is 24.4 Å². The highest BCUT2D eigenvalue weighted by atomic mass is 35.5. The van der Waals surface area contributed by atoms with Crippen LogP contribution in [0.4, 0.5) is 5.69 Å². The van der Waals surface area contributed by atoms with Crippen LogP contribution in [0.25, 0.3) is 0 Å². The molecule has 0 saturated carbocycles. The fourth-order valence-electron chi connectivity index (χ4n) is 1.96. The van der Waals surface area contributed by atoms with Crippen LogP contribution in [-0.2, 0) is 20.7 Å². The van der Waals surface area contributed by atoms with E-state index in [4.69, 9.17) is 33.7 Å². The number of esters is 1. The predicted molar refractivity (Wildman–Crippen MR) is 94.7 cm³/mol. The zero-order valence-corrected chi connectivity index (χ0v) is 14.4. The molecular formula is C17H14Cl2N2O4. The molecule has 6 nitrogen and oxygen atoms in total. The molecule has 8 heteroatoms. The molecule has 0 atom stereocenters. The number of anilines is 1. The largest absolute Gasteiger partial charge is 0.455 e. The second kappa shape index (κ2) is 8.50. The minimum atomic E-state index is -0.630. The van der Waals surface area contributed by atoms with Crippen LogP contribution in [0.2, 0.25) is 10.0 Å². The van der Waals surface area contributed by atoms with Crippen molar-refractivity contribution in [3.63, 3.8) is 0 Å². The number of hydrogen-bond donors (Lipinski definition) is 2. The van der Waals surface area contributed by atoms with Crippen molar-refractivity contribution >= 4 is 46.7 Å². The maximum atomic E-state index is 11.8. The summed E-state index contributed by atoms with van der Waals surface area (Å²) in [4.78, 5) is 34.6. The molecule has 0 heterocycles. The summed E-state index contributed by atoms with van der Waals surface area (Å²) in [6, 6.07) is 10.9. The van der Waals surface area contributed by atoms with Crippen LogP contribution in [0.1, 0.15) is 15.9 Å². The number of nitrogens with two attached hydrogens (primary N) is 1. The highest BCUT2D eigenvalue weighted by Crippen LogP contribution is 2.24. The van der Waals surface area contributed by atoms with Gasteiger partial charge in [-0.25, -0.2) is 0 Å². The quantitative estimate of drug-likeness (QED) is 0.752. The average molecular weight is 381 g/mol. The molecule has 0 radical (unpaired) electrons. The summed E-state index contributed by atoms with van der Waals surface area (Å²) in [5.41, 5.74) is 6.34. The number of primary amides is 1. The van der Waals surface area contributed by atoms with Crippen LogP contribution in [0.5, 0.6) is 0 Å². The maximum absolute atomic E-state index is 11.8. The Labute approximate surface area is 153 Å². The van der Waals surface area contributed by atoms with Gasteiger partial charge in [-0.3, -0.25) is 14.4 Å². The summed E-state index contributed by atoms with van der Waals surface area (Å²) in [6.45, 7) is -0.460. The van der Waals surface area contributed by atoms with Crippen molar-refractivity contribution in [3.8, 4) is 0 Å². The van der Waals surface area contributed by atoms with Gasteiger partial charge >= 0.3 is 5.97 Å². The smallest absolute Gasteiger partial charge is 0.310 e. The normalized spacial score (nSPS) is 10.2. The van der Waals surface area contributed by atoms with Crippen molar-refractivity contribution in [2.45, 2.75) is 6.42 Å². The lowest BCUT2D eigenvalue weighted by molar-refractivity contribution is -0.146. The minimum Gasteiger partial charge on any atom is -0.455 e. The van der Waals surface area contributed by atoms with E-state index in [1.807, 2.05) is 0 Å². The lowest BCUT2D eigenvalue weighted by Crippen LogP contribution is -2.21. The van der Waals surface area contributed by atoms with E-state index in [2.05, 4.69) is 5.32 Å². The Bertz CT molecular complexity index is 787. The molecule has 2 rings (SSSR count). The van der Waals surface area contributed by atoms with E-state index in [9.17, 15) is 14.4 Å². The molecule has 0 aliphatic carbocycles. The molecule has 0 saturated heterocycles. The highest BCUT2D eigenvalue weighted by molar-refractivity contribution is 6.36. The van der Waals surface area contributed by atoms with E-state index < -0.39 is 24.4 Å². The van der Waals surface area contributed by atoms with Gasteiger partial charge in [0.05, 0.1) is 6.42 Å². The van der Waals surface area contributed by atoms with E-state index in [0.29, 0.717) is 26.9 Å². The first-order valence-electron chi connectivity index (χ1n) is 7.15. The topological polar surface area (TPSA) is 98.5 Å². The molecule has 3 N–H and O–H groups in total. The van der Waals surface area contributed by atoms with E-state index in [1.165, 1.54) is 24.3 Å². The van der Waals surface area contributed by atoms with Crippen molar-refractivity contribution < 1.29 is 19.1 Å². The number of rotatable bonds is 6. The van der Waals surface area contributed by atoms with Gasteiger partial charge in [-0.2, -0.15) is 0 Å². The van der Waals surface area contributed by atoms with Gasteiger partial charge in [-0.15, -0.1) is 0 Å². The first kappa shape index (κ1) is 18.8. The zero-order chi connectivity index (χ0) is 18.4. The molecule has 0 fully saturated rings. The molecule has 25 heavy (non-hydrogen) atoms. The molecule has 130 valence electrons. The van der Waals surface area contributed by atoms with E-state index >= 15 is 0 Å². The Balaban J connectivity index is 1.85. The second-order valence-electron chi connectivity index (χ2n) is 5.03. The molecular weight excluding hydrogens is 367 g/mol. The summed E-state index contributed by atoms with van der Waals surface area (Å²) >= 11 is 11.9. The van der Waals surface area contributed by atoms with Crippen LogP contribution in [0.3, 0.4) is 0 Å². The summed E-state index contributed by atoms with van der Waals surface area (Å²) in [5, 5.41) is 3.23. The third-order valence-corrected chi connectivity index (χ3v) is 3.91. The predicted octanol–water partition coefficient (Wildman–Crippen LogP) is 2.82. The molecule has 2 aromatic carbocycles. The van der Waals surface area contributed by atoms with Crippen LogP contribution in [0.15, 0.2) is 42.5 Å². The van der Waals surface area contributed by atoms with Gasteiger partial charge in [0.1, 0.15) is 0 Å². The van der Waals surface area contributed by atoms with E-state index in [-0.39, 0.29) is 6.42 Å². The number of nitrogens with one attached hydrogen (secondary N) is 1. The molecule has 0 aliphatic heterocycles. The van der Waals surface area contributed by atoms with E-state index in [1.54, 1.807) is 18.2 Å². The highest BCUT2D eigenvalue weighted by Gasteiger charge is 2.13. The van der Waals surface area contributed by atoms with Gasteiger partial charge in [-0.1, -0.05) is 29.3 Å². The van der Waals surface area contributed by atoms with Crippen molar-refractivity contribution in [2.24, 2.45) is 5.73 Å². The summed E-state index contributed by atoms with van der Waals surface area (Å²) in [7, 11) is 0. The number of amides is 2. The maximum Gasteiger partial charge on any atom is 0.310 e. The van der Waals surface area contributed by atoms with Crippen LogP contribution >= 0.6 is 23.2 Å². The third-order valence-electron chi connectivity index (χ3n) is 3.20. The fourth-order valence-corrected chi connectivity index (χ4v) is 2.49. The van der Waals surface area contributed by atoms with Gasteiger partial charge in [0, 0.05) is 26.9 Å². The lowest BCUT2D eigenvalue weighted by Gasteiger charge is -2.08.